The number of carboxylic acids is 2. The molecule has 1 aromatic heterocycles. The Morgan fingerprint density at radius 2 is 1.26 bits per heavy atom. The van der Waals surface area contributed by atoms with Gasteiger partial charge in [-0.2, -0.15) is 0 Å². The van der Waals surface area contributed by atoms with Gasteiger partial charge in [-0.15, -0.1) is 11.8 Å². The number of phenolic OH excluding ortho intramolecular Hbond substituents is 1. The molecule has 21 N–H and O–H groups in total. The number of hydrogen-bond acceptors (Lipinski definition) is 20. The van der Waals surface area contributed by atoms with Crippen molar-refractivity contribution in [3.63, 3.8) is 0 Å². The molecular weight excluding hydrogens is 1330 g/mol. The second-order valence-electron chi connectivity index (χ2n) is 26.1. The van der Waals surface area contributed by atoms with Gasteiger partial charge in [-0.1, -0.05) is 86.8 Å². The first-order valence-electron chi connectivity index (χ1n) is 34.2. The number of aromatic amines is 1. The number of carbonyl (C=O) groups excluding carboxylic acids is 12. The zero-order valence-electron chi connectivity index (χ0n) is 58.5. The highest BCUT2D eigenvalue weighted by Gasteiger charge is 2.40. The fourth-order valence-electron chi connectivity index (χ4n) is 10.9. The number of rotatable bonds is 31. The van der Waals surface area contributed by atoms with Crippen molar-refractivity contribution in [1.29, 1.82) is 0 Å². The molecule has 2 aromatic rings. The Balaban J connectivity index is 1.78. The van der Waals surface area contributed by atoms with Crippen molar-refractivity contribution in [3.05, 3.63) is 48.0 Å². The van der Waals surface area contributed by atoms with E-state index in [2.05, 4.69) is 73.4 Å². The van der Waals surface area contributed by atoms with E-state index in [0.717, 1.165) is 6.42 Å². The number of amides is 12. The molecule has 0 unspecified atom stereocenters. The number of nitrogens with zero attached hydrogens (tertiary/aromatic N) is 2. The zero-order chi connectivity index (χ0) is 75.2. The Bertz CT molecular complexity index is 3210. The van der Waals surface area contributed by atoms with E-state index >= 15 is 0 Å². The second kappa shape index (κ2) is 42.1. The Kier molecular flexibility index (Phi) is 35.1. The fraction of sp³-hybridized carbons (Fsp3) is 0.636. The largest absolute Gasteiger partial charge is 0.508 e. The molecule has 3 heterocycles. The summed E-state index contributed by atoms with van der Waals surface area (Å²) in [4.78, 5) is 207. The van der Waals surface area contributed by atoms with E-state index in [4.69, 9.17) is 17.2 Å². The maximum atomic E-state index is 14.9. The van der Waals surface area contributed by atoms with E-state index < -0.39 is 193 Å². The predicted octanol–water partition coefficient (Wildman–Crippen LogP) is -1.97. The van der Waals surface area contributed by atoms with Gasteiger partial charge in [0.05, 0.1) is 30.3 Å². The number of aliphatic imine (C=N–C) groups is 1. The van der Waals surface area contributed by atoms with Gasteiger partial charge in [0.15, 0.2) is 0 Å². The quantitative estimate of drug-likeness (QED) is 0.0389. The molecule has 560 valence electrons. The number of nitrogens with two attached hydrogens (primary N) is 3. The van der Waals surface area contributed by atoms with E-state index in [0.29, 0.717) is 10.6 Å². The molecule has 0 bridgehead atoms. The van der Waals surface area contributed by atoms with Gasteiger partial charge in [0, 0.05) is 43.5 Å². The minimum Gasteiger partial charge on any atom is -0.508 e. The molecule has 0 spiro atoms. The molecule has 34 nitrogen and oxygen atoms in total. The van der Waals surface area contributed by atoms with E-state index in [-0.39, 0.29) is 106 Å². The van der Waals surface area contributed by atoms with E-state index in [1.165, 1.54) is 48.6 Å². The maximum absolute atomic E-state index is 14.9. The van der Waals surface area contributed by atoms with Gasteiger partial charge in [0.25, 0.3) is 0 Å². The van der Waals surface area contributed by atoms with Gasteiger partial charge in [0.1, 0.15) is 72.2 Å². The molecule has 0 radical (unpaired) electrons. The van der Waals surface area contributed by atoms with Crippen LogP contribution in [0.5, 0.6) is 5.75 Å². The molecule has 2 aliphatic heterocycles. The van der Waals surface area contributed by atoms with Crippen LogP contribution < -0.4 is 75.7 Å². The number of aliphatic carboxylic acids is 2. The molecule has 15 atom stereocenters. The van der Waals surface area contributed by atoms with Crippen LogP contribution in [0.1, 0.15) is 150 Å². The van der Waals surface area contributed by atoms with Crippen LogP contribution in [0.15, 0.2) is 41.8 Å². The molecule has 101 heavy (non-hydrogen) atoms. The summed E-state index contributed by atoms with van der Waals surface area (Å²) >= 11 is 1.34. The Labute approximate surface area is 590 Å². The maximum Gasteiger partial charge on any atom is 0.305 e. The van der Waals surface area contributed by atoms with Crippen LogP contribution in [0.4, 0.5) is 0 Å². The molecule has 1 fully saturated rings. The first-order chi connectivity index (χ1) is 47.8. The van der Waals surface area contributed by atoms with Crippen molar-refractivity contribution < 1.29 is 82.4 Å². The molecule has 1 saturated heterocycles. The molecule has 0 aliphatic carbocycles. The van der Waals surface area contributed by atoms with Gasteiger partial charge < -0.3 is 96.0 Å². The van der Waals surface area contributed by atoms with Crippen LogP contribution >= 0.6 is 11.8 Å². The third-order valence-electron chi connectivity index (χ3n) is 17.6. The van der Waals surface area contributed by atoms with Crippen molar-refractivity contribution in [1.82, 2.24) is 68.5 Å². The SMILES string of the molecule is CC[C@H](C)[C@H](N)C1=N[C@H](C(=O)N[C@@H](CC(C)C)C(=O)N[C@H](CCC(=O)O)C(=O)N[C@H](C(=O)N[C@H]2CCCCNC(=O)[C@H](CC(N)=O)NC(=O)[C@@H](CC(=O)O)NC(=O)[C@H](Cc3cnc[nH]3)NC(=O)[C@@H](Cc3ccc(O)cc3)NC(=O)[C@H]([C@@H](C)CC)NC(=O)[C@@H](CCCN)NC2=O)[C@@H](C)CC)CS1. The van der Waals surface area contributed by atoms with Crippen LogP contribution in [-0.4, -0.2) is 205 Å². The highest BCUT2D eigenvalue weighted by molar-refractivity contribution is 8.14. The lowest BCUT2D eigenvalue weighted by Gasteiger charge is -2.30. The van der Waals surface area contributed by atoms with Crippen molar-refractivity contribution in [3.8, 4) is 5.75 Å². The average molecular weight is 1440 g/mol. The standard InChI is InChI=1S/C66H103N17O17S/c1-9-34(6)52(69)66-81-48(31-101-66)63(98)76-43(25-33(4)5)59(94)74-42(21-22-50(86)87)58(93)83-53(35(7)10-2)64(99)75-40-15-12-13-24-71-55(90)46(28-49(68)85)78-62(97)47(29-51(88)89)79-61(96)45(27-38-30-70-32-72-38)77-60(95)44(26-37-17-19-39(84)20-18-37)80-65(100)54(36(8)11-3)82-57(92)41(16-14-23-67)73-56(40)91/h17-20,30,32-36,40-48,52-54,84H,9-16,21-29,31,67,69H2,1-8H3,(H2,68,85)(H,70,72)(H,71,90)(H,73,91)(H,74,94)(H,75,99)(H,76,98)(H,77,95)(H,78,97)(H,79,96)(H,80,100)(H,82,92)(H,83,93)(H,86,87)(H,88,89)/t34-,35-,36-,40-,41+,42+,43-,44+,45-,46-,47+,48-,52-,53-,54-/m0/s1. The molecule has 0 saturated carbocycles. The van der Waals surface area contributed by atoms with E-state index in [1.54, 1.807) is 41.5 Å². The van der Waals surface area contributed by atoms with Crippen LogP contribution in [0, 0.1) is 23.7 Å². The van der Waals surface area contributed by atoms with Gasteiger partial charge >= 0.3 is 11.9 Å². The topological polar surface area (TPSA) is 551 Å². The highest BCUT2D eigenvalue weighted by Crippen LogP contribution is 2.25. The van der Waals surface area contributed by atoms with E-state index in [1.807, 2.05) is 13.8 Å². The number of H-pyrrole nitrogens is 1. The third-order valence-corrected chi connectivity index (χ3v) is 18.7. The van der Waals surface area contributed by atoms with Crippen molar-refractivity contribution in [2.75, 3.05) is 18.8 Å². The lowest BCUT2D eigenvalue weighted by molar-refractivity contribution is -0.142. The number of primary amides is 1. The number of carboxylic acid groups (broad SMARTS) is 2. The normalized spacial score (nSPS) is 23.0. The summed E-state index contributed by atoms with van der Waals surface area (Å²) in [5, 5.41) is 59.0. The summed E-state index contributed by atoms with van der Waals surface area (Å²) in [6.07, 6.45) is 0.00713. The summed E-state index contributed by atoms with van der Waals surface area (Å²) in [6.45, 7) is 14.0. The number of phenols is 1. The number of thioether (sulfide) groups is 1. The first kappa shape index (κ1) is 84.2. The van der Waals surface area contributed by atoms with Crippen LogP contribution in [-0.2, 0) is 80.0 Å². The van der Waals surface area contributed by atoms with Crippen molar-refractivity contribution >= 4 is 99.6 Å². The first-order valence-corrected chi connectivity index (χ1v) is 35.2. The molecular formula is C66H103N17O17S. The monoisotopic (exact) mass is 1440 g/mol. The smallest absolute Gasteiger partial charge is 0.305 e. The van der Waals surface area contributed by atoms with Crippen molar-refractivity contribution in [2.45, 2.75) is 224 Å². The number of imidazole rings is 1. The van der Waals surface area contributed by atoms with Gasteiger partial charge in [0.2, 0.25) is 70.9 Å². The number of nitrogens with one attached hydrogen (secondary N) is 12. The minimum absolute atomic E-state index is 0.00923. The number of benzene rings is 1. The van der Waals surface area contributed by atoms with Gasteiger partial charge in [-0.3, -0.25) is 72.1 Å². The fourth-order valence-corrected chi connectivity index (χ4v) is 12.1. The summed E-state index contributed by atoms with van der Waals surface area (Å²) in [6, 6.07) is -11.5. The predicted molar refractivity (Wildman–Crippen MR) is 371 cm³/mol. The summed E-state index contributed by atoms with van der Waals surface area (Å²) in [5.41, 5.74) is 18.5. The second-order valence-corrected chi connectivity index (χ2v) is 27.2. The summed E-state index contributed by atoms with van der Waals surface area (Å²) < 4.78 is 0. The van der Waals surface area contributed by atoms with Crippen molar-refractivity contribution in [2.24, 2.45) is 45.9 Å². The number of carbonyl (C=O) groups is 14. The zero-order valence-corrected chi connectivity index (χ0v) is 59.3. The van der Waals surface area contributed by atoms with E-state index in [9.17, 15) is 82.4 Å². The molecule has 12 amide bonds. The number of hydrogen-bond donors (Lipinski definition) is 18. The Morgan fingerprint density at radius 3 is 1.84 bits per heavy atom. The number of aromatic nitrogens is 2. The lowest BCUT2D eigenvalue weighted by atomic mass is 9.96. The molecule has 1 aromatic carbocycles. The number of aromatic hydroxyl groups is 1. The van der Waals surface area contributed by atoms with Crippen LogP contribution in [0.25, 0.3) is 0 Å². The Morgan fingerprint density at radius 1 is 0.663 bits per heavy atom. The third kappa shape index (κ3) is 28.0. The molecule has 35 heteroatoms. The highest BCUT2D eigenvalue weighted by atomic mass is 32.2. The summed E-state index contributed by atoms with van der Waals surface area (Å²) in [7, 11) is 0. The molecule has 2 aliphatic rings. The lowest BCUT2D eigenvalue weighted by Crippen LogP contribution is -2.62. The van der Waals surface area contributed by atoms with Gasteiger partial charge in [-0.25, -0.2) is 4.98 Å². The van der Waals surface area contributed by atoms with Crippen LogP contribution in [0.3, 0.4) is 0 Å². The minimum atomic E-state index is -1.97. The Hall–Kier alpha value is -9.25. The molecule has 4 rings (SSSR count). The van der Waals surface area contributed by atoms with Crippen LogP contribution in [0.2, 0.25) is 0 Å². The van der Waals surface area contributed by atoms with Gasteiger partial charge in [-0.05, 0) is 92.9 Å². The summed E-state index contributed by atoms with van der Waals surface area (Å²) in [5.74, 6) is -15.9. The average Bonchev–Trinajstić information content (AvgIpc) is 1.67.